The van der Waals surface area contributed by atoms with Crippen molar-refractivity contribution in [1.29, 1.82) is 5.26 Å². The van der Waals surface area contributed by atoms with Gasteiger partial charge < -0.3 is 9.52 Å². The van der Waals surface area contributed by atoms with Gasteiger partial charge in [-0.2, -0.15) is 5.26 Å². The zero-order valence-corrected chi connectivity index (χ0v) is 10.5. The van der Waals surface area contributed by atoms with E-state index in [4.69, 9.17) is 9.52 Å². The third-order valence-corrected chi connectivity index (χ3v) is 3.11. The van der Waals surface area contributed by atoms with E-state index in [-0.39, 0.29) is 18.6 Å². The predicted octanol–water partition coefficient (Wildman–Crippen LogP) is 2.73. The molecule has 2 aromatic rings. The molecule has 0 unspecified atom stereocenters. The number of hydrogen-bond acceptors (Lipinski definition) is 4. The fraction of sp³-hybridized carbons (Fsp3) is 0.286. The summed E-state index contributed by atoms with van der Waals surface area (Å²) in [5, 5.41) is 18.4. The zero-order valence-electron chi connectivity index (χ0n) is 10.5. The first-order valence-electron chi connectivity index (χ1n) is 6.01. The topological polar surface area (TPSA) is 70.0 Å². The van der Waals surface area contributed by atoms with Gasteiger partial charge in [-0.15, -0.1) is 0 Å². The molecule has 0 amide bonds. The smallest absolute Gasteiger partial charge is 0.180 e. The molecule has 0 saturated heterocycles. The maximum Gasteiger partial charge on any atom is 0.180 e. The van der Waals surface area contributed by atoms with E-state index in [0.29, 0.717) is 5.76 Å². The van der Waals surface area contributed by atoms with Crippen LogP contribution in [0, 0.1) is 23.0 Å². The van der Waals surface area contributed by atoms with Crippen LogP contribution in [0.5, 0.6) is 0 Å². The minimum Gasteiger partial charge on any atom is -0.448 e. The summed E-state index contributed by atoms with van der Waals surface area (Å²) in [7, 11) is 0. The van der Waals surface area contributed by atoms with Crippen LogP contribution in [0.15, 0.2) is 35.2 Å². The minimum absolute atomic E-state index is 0.140. The summed E-state index contributed by atoms with van der Waals surface area (Å²) >= 11 is 0. The number of aliphatic hydroxyl groups is 1. The molecule has 1 heterocycles. The summed E-state index contributed by atoms with van der Waals surface area (Å²) in [6.45, 7) is -0.236. The molecule has 0 aliphatic heterocycles. The highest BCUT2D eigenvalue weighted by molar-refractivity contribution is 5.32. The first kappa shape index (κ1) is 14.2. The van der Waals surface area contributed by atoms with Crippen LogP contribution in [0.25, 0.3) is 0 Å². The van der Waals surface area contributed by atoms with Crippen LogP contribution >= 0.6 is 0 Å². The van der Waals surface area contributed by atoms with E-state index >= 15 is 0 Å². The van der Waals surface area contributed by atoms with Crippen LogP contribution in [0.2, 0.25) is 0 Å². The molecule has 0 radical (unpaired) electrons. The van der Waals surface area contributed by atoms with Crippen molar-refractivity contribution in [1.82, 2.24) is 4.98 Å². The number of rotatable bonds is 5. The summed E-state index contributed by atoms with van der Waals surface area (Å²) < 4.78 is 32.8. The highest BCUT2D eigenvalue weighted by atomic mass is 19.1. The Bertz CT molecular complexity index is 588. The molecule has 6 heteroatoms. The molecule has 4 nitrogen and oxygen atoms in total. The van der Waals surface area contributed by atoms with Gasteiger partial charge >= 0.3 is 0 Å². The summed E-state index contributed by atoms with van der Waals surface area (Å²) in [6, 6.07) is 5.32. The molecular weight excluding hydrogens is 266 g/mol. The molecule has 0 aliphatic rings. The lowest BCUT2D eigenvalue weighted by Gasteiger charge is -2.20. The SMILES string of the molecule is N#C[C@@H](c1c(F)cccc1F)[C@H](CCO)c1cnco1. The molecule has 104 valence electrons. The minimum atomic E-state index is -1.10. The van der Waals surface area contributed by atoms with Gasteiger partial charge in [-0.25, -0.2) is 13.8 Å². The van der Waals surface area contributed by atoms with Crippen molar-refractivity contribution in [2.45, 2.75) is 18.3 Å². The van der Waals surface area contributed by atoms with Crippen molar-refractivity contribution in [2.24, 2.45) is 0 Å². The van der Waals surface area contributed by atoms with Gasteiger partial charge in [-0.05, 0) is 18.6 Å². The zero-order chi connectivity index (χ0) is 14.5. The van der Waals surface area contributed by atoms with Crippen LogP contribution < -0.4 is 0 Å². The fourth-order valence-electron chi connectivity index (χ4n) is 2.18. The molecule has 2 atom stereocenters. The first-order chi connectivity index (χ1) is 9.69. The molecule has 0 spiro atoms. The number of halogens is 2. The summed E-state index contributed by atoms with van der Waals surface area (Å²) in [5.41, 5.74) is -0.315. The molecule has 0 saturated carbocycles. The molecular formula is C14H12F2N2O2. The Hall–Kier alpha value is -2.26. The number of oxazole rings is 1. The number of hydrogen-bond donors (Lipinski definition) is 1. The second kappa shape index (κ2) is 6.26. The molecule has 0 bridgehead atoms. The molecule has 2 rings (SSSR count). The van der Waals surface area contributed by atoms with Crippen LogP contribution in [0.4, 0.5) is 8.78 Å². The Morgan fingerprint density at radius 1 is 1.35 bits per heavy atom. The van der Waals surface area contributed by atoms with Crippen LogP contribution in [-0.2, 0) is 0 Å². The summed E-state index contributed by atoms with van der Waals surface area (Å²) in [6.07, 6.45) is 2.69. The Balaban J connectivity index is 2.47. The van der Waals surface area contributed by atoms with Gasteiger partial charge in [-0.1, -0.05) is 6.07 Å². The fourth-order valence-corrected chi connectivity index (χ4v) is 2.18. The van der Waals surface area contributed by atoms with Crippen LogP contribution in [-0.4, -0.2) is 16.7 Å². The van der Waals surface area contributed by atoms with Crippen molar-refractivity contribution in [3.8, 4) is 6.07 Å². The van der Waals surface area contributed by atoms with E-state index in [0.717, 1.165) is 12.1 Å². The van der Waals surface area contributed by atoms with Crippen molar-refractivity contribution in [3.63, 3.8) is 0 Å². The van der Waals surface area contributed by atoms with Gasteiger partial charge in [-0.3, -0.25) is 0 Å². The maximum atomic E-state index is 13.8. The maximum absolute atomic E-state index is 13.8. The first-order valence-corrected chi connectivity index (χ1v) is 6.01. The standard InChI is InChI=1S/C14H12F2N2O2/c15-11-2-1-3-12(16)14(11)10(6-17)9(4-5-19)13-7-18-8-20-13/h1-3,7-10,19H,4-5H2/t9-,10+/m0/s1. The monoisotopic (exact) mass is 278 g/mol. The lowest BCUT2D eigenvalue weighted by Crippen LogP contribution is -2.14. The average molecular weight is 278 g/mol. The number of benzene rings is 1. The van der Waals surface area contributed by atoms with Gasteiger partial charge in [0.2, 0.25) is 0 Å². The van der Waals surface area contributed by atoms with E-state index in [1.807, 2.05) is 6.07 Å². The molecule has 1 N–H and O–H groups in total. The highest BCUT2D eigenvalue weighted by Crippen LogP contribution is 2.37. The van der Waals surface area contributed by atoms with Crippen molar-refractivity contribution < 1.29 is 18.3 Å². The van der Waals surface area contributed by atoms with Gasteiger partial charge in [0.1, 0.15) is 17.4 Å². The lowest BCUT2D eigenvalue weighted by molar-refractivity contribution is 0.261. The van der Waals surface area contributed by atoms with E-state index in [2.05, 4.69) is 4.98 Å². The molecule has 0 aliphatic carbocycles. The van der Waals surface area contributed by atoms with E-state index in [9.17, 15) is 14.0 Å². The second-order valence-corrected chi connectivity index (χ2v) is 4.26. The van der Waals surface area contributed by atoms with Gasteiger partial charge in [0.25, 0.3) is 0 Å². The summed E-state index contributed by atoms with van der Waals surface area (Å²) in [5.74, 6) is -3.04. The molecule has 1 aromatic heterocycles. The quantitative estimate of drug-likeness (QED) is 0.912. The highest BCUT2D eigenvalue weighted by Gasteiger charge is 2.31. The molecule has 0 fully saturated rings. The number of nitriles is 1. The number of aromatic nitrogens is 1. The van der Waals surface area contributed by atoms with Crippen molar-refractivity contribution in [3.05, 3.63) is 53.7 Å². The van der Waals surface area contributed by atoms with Gasteiger partial charge in [0.05, 0.1) is 18.2 Å². The van der Waals surface area contributed by atoms with Crippen LogP contribution in [0.1, 0.15) is 29.6 Å². The Labute approximate surface area is 114 Å². The number of nitrogens with zero attached hydrogens (tertiary/aromatic N) is 2. The van der Waals surface area contributed by atoms with Crippen LogP contribution in [0.3, 0.4) is 0 Å². The molecule has 20 heavy (non-hydrogen) atoms. The lowest BCUT2D eigenvalue weighted by atomic mass is 9.83. The largest absolute Gasteiger partial charge is 0.448 e. The van der Waals surface area contributed by atoms with Gasteiger partial charge in [0.15, 0.2) is 6.39 Å². The van der Waals surface area contributed by atoms with Gasteiger partial charge in [0, 0.05) is 18.1 Å². The van der Waals surface area contributed by atoms with E-state index in [1.165, 1.54) is 18.7 Å². The van der Waals surface area contributed by atoms with Crippen molar-refractivity contribution in [2.75, 3.05) is 6.61 Å². The third kappa shape index (κ3) is 2.68. The average Bonchev–Trinajstić information content (AvgIpc) is 2.95. The Morgan fingerprint density at radius 3 is 2.55 bits per heavy atom. The van der Waals surface area contributed by atoms with Crippen molar-refractivity contribution >= 4 is 0 Å². The Kier molecular flexibility index (Phi) is 4.43. The Morgan fingerprint density at radius 2 is 2.05 bits per heavy atom. The normalized spacial score (nSPS) is 13.7. The molecule has 1 aromatic carbocycles. The predicted molar refractivity (Wildman–Crippen MR) is 65.7 cm³/mol. The van der Waals surface area contributed by atoms with E-state index < -0.39 is 23.5 Å². The second-order valence-electron chi connectivity index (χ2n) is 4.26. The van der Waals surface area contributed by atoms with E-state index in [1.54, 1.807) is 0 Å². The third-order valence-electron chi connectivity index (χ3n) is 3.11. The number of aliphatic hydroxyl groups excluding tert-OH is 1. The summed E-state index contributed by atoms with van der Waals surface area (Å²) in [4.78, 5) is 3.74.